The van der Waals surface area contributed by atoms with E-state index < -0.39 is 0 Å². The molecule has 0 aromatic carbocycles. The van der Waals surface area contributed by atoms with Gasteiger partial charge >= 0.3 is 0 Å². The first-order chi connectivity index (χ1) is 8.19. The van der Waals surface area contributed by atoms with Gasteiger partial charge in [0.2, 0.25) is 5.95 Å². The van der Waals surface area contributed by atoms with Gasteiger partial charge in [-0.1, -0.05) is 27.7 Å². The largest absolute Gasteiger partial charge is 0.369 e. The zero-order valence-corrected chi connectivity index (χ0v) is 11.9. The lowest BCUT2D eigenvalue weighted by molar-refractivity contribution is 0.457. The van der Waals surface area contributed by atoms with Crippen molar-refractivity contribution in [3.8, 4) is 0 Å². The van der Waals surface area contributed by atoms with Crippen LogP contribution in [0.1, 0.15) is 39.4 Å². The zero-order chi connectivity index (χ0) is 13.5. The number of aryl methyl sites for hydroxylation is 2. The van der Waals surface area contributed by atoms with E-state index in [0.717, 1.165) is 16.9 Å². The second-order valence-electron chi connectivity index (χ2n) is 6.57. The summed E-state index contributed by atoms with van der Waals surface area (Å²) in [5.74, 6) is 0.602. The van der Waals surface area contributed by atoms with Crippen LogP contribution in [-0.4, -0.2) is 19.3 Å². The normalized spacial score (nSPS) is 21.7. The Morgan fingerprint density at radius 3 is 2.22 bits per heavy atom. The molecule has 0 saturated heterocycles. The van der Waals surface area contributed by atoms with Gasteiger partial charge in [0.25, 0.3) is 0 Å². The molecule has 2 N–H and O–H groups in total. The standard InChI is InChI=1S/C13H21N5/c1-7-8-9(17(6)16-7)18(11(14)15-8)10-12(2,3)13(10,4)5/h10H,1-6H3,(H2,14,15). The van der Waals surface area contributed by atoms with Crippen molar-refractivity contribution in [2.75, 3.05) is 5.73 Å². The number of nitrogen functional groups attached to an aromatic ring is 1. The number of imidazole rings is 1. The molecule has 0 unspecified atom stereocenters. The lowest BCUT2D eigenvalue weighted by atomic mass is 10.0. The van der Waals surface area contributed by atoms with Crippen LogP contribution in [0.25, 0.3) is 11.2 Å². The topological polar surface area (TPSA) is 61.7 Å². The van der Waals surface area contributed by atoms with Crippen LogP contribution in [0.5, 0.6) is 0 Å². The number of aromatic nitrogens is 4. The van der Waals surface area contributed by atoms with Crippen molar-refractivity contribution >= 4 is 17.1 Å². The fraction of sp³-hybridized carbons (Fsp3) is 0.692. The molecule has 2 heterocycles. The minimum atomic E-state index is 0.229. The van der Waals surface area contributed by atoms with E-state index in [1.165, 1.54) is 0 Å². The quantitative estimate of drug-likeness (QED) is 0.840. The van der Waals surface area contributed by atoms with E-state index in [1.54, 1.807) is 0 Å². The summed E-state index contributed by atoms with van der Waals surface area (Å²) in [6, 6.07) is 0.379. The SMILES string of the molecule is Cc1nn(C)c2c1nc(N)n2C1C(C)(C)C1(C)C. The molecule has 0 aliphatic heterocycles. The molecule has 0 amide bonds. The number of anilines is 1. The lowest BCUT2D eigenvalue weighted by Crippen LogP contribution is -2.09. The maximum atomic E-state index is 6.13. The average Bonchev–Trinajstić information content (AvgIpc) is 2.53. The predicted octanol–water partition coefficient (Wildman–Crippen LogP) is 2.27. The van der Waals surface area contributed by atoms with Crippen molar-refractivity contribution in [2.45, 2.75) is 40.7 Å². The van der Waals surface area contributed by atoms with E-state index >= 15 is 0 Å². The first-order valence-electron chi connectivity index (χ1n) is 6.36. The van der Waals surface area contributed by atoms with Gasteiger partial charge in [0.15, 0.2) is 5.65 Å². The van der Waals surface area contributed by atoms with Crippen LogP contribution < -0.4 is 5.73 Å². The summed E-state index contributed by atoms with van der Waals surface area (Å²) in [5, 5.41) is 4.44. The molecule has 3 rings (SSSR count). The molecule has 5 nitrogen and oxygen atoms in total. The van der Waals surface area contributed by atoms with Crippen molar-refractivity contribution in [3.05, 3.63) is 5.69 Å². The first kappa shape index (κ1) is 11.6. The number of hydrogen-bond acceptors (Lipinski definition) is 3. The highest BCUT2D eigenvalue weighted by atomic mass is 15.4. The number of fused-ring (bicyclic) bond motifs is 1. The Balaban J connectivity index is 2.28. The van der Waals surface area contributed by atoms with E-state index in [-0.39, 0.29) is 10.8 Å². The minimum absolute atomic E-state index is 0.229. The third kappa shape index (κ3) is 1.07. The van der Waals surface area contributed by atoms with Crippen LogP contribution in [0.2, 0.25) is 0 Å². The van der Waals surface area contributed by atoms with Gasteiger partial charge < -0.3 is 5.73 Å². The highest BCUT2D eigenvalue weighted by Gasteiger charge is 2.66. The minimum Gasteiger partial charge on any atom is -0.369 e. The fourth-order valence-electron chi connectivity index (χ4n) is 3.37. The van der Waals surface area contributed by atoms with Gasteiger partial charge in [-0.25, -0.2) is 4.98 Å². The Kier molecular flexibility index (Phi) is 1.86. The van der Waals surface area contributed by atoms with Crippen LogP contribution in [0.15, 0.2) is 0 Å². The first-order valence-corrected chi connectivity index (χ1v) is 6.36. The van der Waals surface area contributed by atoms with E-state index in [2.05, 4.69) is 42.3 Å². The van der Waals surface area contributed by atoms with Crippen LogP contribution in [0.4, 0.5) is 5.95 Å². The van der Waals surface area contributed by atoms with Gasteiger partial charge in [0, 0.05) is 13.1 Å². The van der Waals surface area contributed by atoms with Crippen molar-refractivity contribution in [1.29, 1.82) is 0 Å². The second-order valence-corrected chi connectivity index (χ2v) is 6.57. The Bertz CT molecular complexity index is 630. The molecule has 1 aliphatic rings. The molecule has 1 aliphatic carbocycles. The van der Waals surface area contributed by atoms with Crippen molar-refractivity contribution in [3.63, 3.8) is 0 Å². The van der Waals surface area contributed by atoms with Gasteiger partial charge in [-0.2, -0.15) is 5.10 Å². The molecule has 18 heavy (non-hydrogen) atoms. The summed E-state index contributed by atoms with van der Waals surface area (Å²) < 4.78 is 4.05. The highest BCUT2D eigenvalue weighted by molar-refractivity contribution is 5.78. The summed E-state index contributed by atoms with van der Waals surface area (Å²) in [6.07, 6.45) is 0. The van der Waals surface area contributed by atoms with E-state index in [4.69, 9.17) is 5.73 Å². The summed E-state index contributed by atoms with van der Waals surface area (Å²) in [7, 11) is 1.95. The Morgan fingerprint density at radius 1 is 1.17 bits per heavy atom. The van der Waals surface area contributed by atoms with Crippen molar-refractivity contribution in [1.82, 2.24) is 19.3 Å². The molecule has 2 aromatic rings. The molecule has 5 heteroatoms. The smallest absolute Gasteiger partial charge is 0.202 e. The molecule has 0 atom stereocenters. The Hall–Kier alpha value is -1.52. The molecule has 1 fully saturated rings. The summed E-state index contributed by atoms with van der Waals surface area (Å²) >= 11 is 0. The van der Waals surface area contributed by atoms with Gasteiger partial charge in [-0.15, -0.1) is 0 Å². The van der Waals surface area contributed by atoms with Crippen LogP contribution >= 0.6 is 0 Å². The molecular weight excluding hydrogens is 226 g/mol. The van der Waals surface area contributed by atoms with Crippen molar-refractivity contribution in [2.24, 2.45) is 17.9 Å². The third-order valence-corrected chi connectivity index (χ3v) is 5.07. The maximum Gasteiger partial charge on any atom is 0.202 e. The van der Waals surface area contributed by atoms with E-state index in [9.17, 15) is 0 Å². The highest BCUT2D eigenvalue weighted by Crippen LogP contribution is 2.72. The molecule has 98 valence electrons. The zero-order valence-electron chi connectivity index (χ0n) is 11.9. The van der Waals surface area contributed by atoms with Gasteiger partial charge in [0.1, 0.15) is 5.52 Å². The molecule has 1 saturated carbocycles. The lowest BCUT2D eigenvalue weighted by Gasteiger charge is -2.08. The van der Waals surface area contributed by atoms with Gasteiger partial charge in [0.05, 0.1) is 5.69 Å². The maximum absolute atomic E-state index is 6.13. The van der Waals surface area contributed by atoms with E-state index in [1.807, 2.05) is 18.7 Å². The van der Waals surface area contributed by atoms with E-state index in [0.29, 0.717) is 12.0 Å². The van der Waals surface area contributed by atoms with Crippen molar-refractivity contribution < 1.29 is 0 Å². The summed E-state index contributed by atoms with van der Waals surface area (Å²) in [5.41, 5.74) is 9.49. The monoisotopic (exact) mass is 247 g/mol. The average molecular weight is 247 g/mol. The second kappa shape index (κ2) is 2.90. The molecular formula is C13H21N5. The van der Waals surface area contributed by atoms with Gasteiger partial charge in [-0.05, 0) is 17.8 Å². The molecule has 0 radical (unpaired) electrons. The molecule has 2 aromatic heterocycles. The van der Waals surface area contributed by atoms with Gasteiger partial charge in [-0.3, -0.25) is 9.25 Å². The molecule has 0 spiro atoms. The number of nitrogens with zero attached hydrogens (tertiary/aromatic N) is 4. The number of hydrogen-bond donors (Lipinski definition) is 1. The van der Waals surface area contributed by atoms with Crippen LogP contribution in [-0.2, 0) is 7.05 Å². The molecule has 0 bridgehead atoms. The number of nitrogens with two attached hydrogens (primary N) is 1. The van der Waals surface area contributed by atoms with Crippen LogP contribution in [0, 0.1) is 17.8 Å². The fourth-order valence-corrected chi connectivity index (χ4v) is 3.37. The number of rotatable bonds is 1. The predicted molar refractivity (Wildman–Crippen MR) is 72.2 cm³/mol. The summed E-state index contributed by atoms with van der Waals surface area (Å²) in [6.45, 7) is 11.1. The third-order valence-electron chi connectivity index (χ3n) is 5.07. The van der Waals surface area contributed by atoms with Crippen LogP contribution in [0.3, 0.4) is 0 Å². The Morgan fingerprint density at radius 2 is 1.72 bits per heavy atom. The summed E-state index contributed by atoms with van der Waals surface area (Å²) in [4.78, 5) is 4.48. The Labute approximate surface area is 107 Å².